The van der Waals surface area contributed by atoms with Gasteiger partial charge in [0.1, 0.15) is 11.6 Å². The van der Waals surface area contributed by atoms with Crippen LogP contribution in [0.3, 0.4) is 0 Å². The summed E-state index contributed by atoms with van der Waals surface area (Å²) in [5.74, 6) is -2.27. The molecule has 3 N–H and O–H groups in total. The molecule has 1 aliphatic heterocycles. The Kier molecular flexibility index (Phi) is 4.54. The van der Waals surface area contributed by atoms with Crippen LogP contribution in [0.1, 0.15) is 23.3 Å². The predicted octanol–water partition coefficient (Wildman–Crippen LogP) is 0.923. The molecule has 128 valence electrons. The first-order valence-corrected chi connectivity index (χ1v) is 7.55. The molecule has 2 aromatic rings. The van der Waals surface area contributed by atoms with Crippen LogP contribution in [0.2, 0.25) is 0 Å². The number of nitrogens with one attached hydrogen (secondary N) is 2. The van der Waals surface area contributed by atoms with E-state index in [0.29, 0.717) is 32.0 Å². The smallest absolute Gasteiger partial charge is 0.277 e. The number of rotatable bonds is 4. The lowest BCUT2D eigenvalue weighted by atomic mass is 9.92. The van der Waals surface area contributed by atoms with Crippen molar-refractivity contribution in [1.82, 2.24) is 20.3 Å². The molecular formula is C15H17F2N5O2. The first-order valence-electron chi connectivity index (χ1n) is 7.55. The Morgan fingerprint density at radius 3 is 2.83 bits per heavy atom. The molecule has 1 aromatic heterocycles. The van der Waals surface area contributed by atoms with Gasteiger partial charge in [-0.05, 0) is 38.1 Å². The fourth-order valence-electron chi connectivity index (χ4n) is 2.61. The maximum absolute atomic E-state index is 13.6. The van der Waals surface area contributed by atoms with Crippen LogP contribution in [0.15, 0.2) is 24.4 Å². The number of benzene rings is 1. The summed E-state index contributed by atoms with van der Waals surface area (Å²) in [5, 5.41) is 23.5. The van der Waals surface area contributed by atoms with E-state index in [4.69, 9.17) is 0 Å². The number of aliphatic hydroxyl groups is 1. The zero-order valence-corrected chi connectivity index (χ0v) is 12.8. The van der Waals surface area contributed by atoms with Gasteiger partial charge in [-0.15, -0.1) is 5.10 Å². The maximum Gasteiger partial charge on any atom is 0.277 e. The van der Waals surface area contributed by atoms with E-state index in [1.165, 1.54) is 10.9 Å². The topological polar surface area (TPSA) is 92.1 Å². The normalized spacial score (nSPS) is 16.8. The van der Waals surface area contributed by atoms with Crippen LogP contribution in [-0.4, -0.2) is 44.7 Å². The second kappa shape index (κ2) is 6.62. The highest BCUT2D eigenvalue weighted by molar-refractivity contribution is 6.02. The lowest BCUT2D eigenvalue weighted by Crippen LogP contribution is -2.44. The lowest BCUT2D eigenvalue weighted by molar-refractivity contribution is -0.00865. The summed E-state index contributed by atoms with van der Waals surface area (Å²) in [5.41, 5.74) is -1.06. The number of carbonyl (C=O) groups is 1. The minimum atomic E-state index is -0.893. The van der Waals surface area contributed by atoms with Crippen molar-refractivity contribution in [2.24, 2.45) is 0 Å². The highest BCUT2D eigenvalue weighted by atomic mass is 19.1. The number of piperidine rings is 1. The number of nitrogens with zero attached hydrogens (tertiary/aromatic N) is 3. The standard InChI is InChI=1S/C15H17F2N5O2/c16-10-1-2-12(11(17)7-10)19-14(23)13-8-22(21-20-13)9-15(24)3-5-18-6-4-15/h1-2,7-8,18,24H,3-6,9H2,(H,19,23). The van der Waals surface area contributed by atoms with Gasteiger partial charge in [0.25, 0.3) is 5.91 Å². The summed E-state index contributed by atoms with van der Waals surface area (Å²) in [6.07, 6.45) is 2.54. The molecule has 0 bridgehead atoms. The summed E-state index contributed by atoms with van der Waals surface area (Å²) in [4.78, 5) is 12.1. The van der Waals surface area contributed by atoms with Crippen LogP contribution in [0.5, 0.6) is 0 Å². The first kappa shape index (κ1) is 16.5. The van der Waals surface area contributed by atoms with Gasteiger partial charge >= 0.3 is 0 Å². The van der Waals surface area contributed by atoms with Crippen molar-refractivity contribution in [1.29, 1.82) is 0 Å². The summed E-state index contributed by atoms with van der Waals surface area (Å²) in [6.45, 7) is 1.64. The van der Waals surface area contributed by atoms with Gasteiger partial charge in [0.15, 0.2) is 5.69 Å². The van der Waals surface area contributed by atoms with Crippen LogP contribution < -0.4 is 10.6 Å². The monoisotopic (exact) mass is 337 g/mol. The highest BCUT2D eigenvalue weighted by Crippen LogP contribution is 2.20. The van der Waals surface area contributed by atoms with Crippen LogP contribution in [0.25, 0.3) is 0 Å². The van der Waals surface area contributed by atoms with Crippen molar-refractivity contribution < 1.29 is 18.7 Å². The van der Waals surface area contributed by atoms with Gasteiger partial charge in [0.05, 0.1) is 24.0 Å². The molecule has 7 nitrogen and oxygen atoms in total. The number of carbonyl (C=O) groups excluding carboxylic acids is 1. The molecule has 1 aromatic carbocycles. The van der Waals surface area contributed by atoms with Gasteiger partial charge in [-0.1, -0.05) is 5.21 Å². The molecule has 0 saturated carbocycles. The van der Waals surface area contributed by atoms with Crippen LogP contribution >= 0.6 is 0 Å². The van der Waals surface area contributed by atoms with Crippen LogP contribution in [-0.2, 0) is 6.54 Å². The molecule has 1 fully saturated rings. The minimum absolute atomic E-state index is 0.0174. The maximum atomic E-state index is 13.6. The average molecular weight is 337 g/mol. The van der Waals surface area contributed by atoms with E-state index < -0.39 is 23.1 Å². The number of aromatic nitrogens is 3. The van der Waals surface area contributed by atoms with E-state index in [1.807, 2.05) is 0 Å². The first-order chi connectivity index (χ1) is 11.5. The molecule has 1 saturated heterocycles. The van der Waals surface area contributed by atoms with E-state index in [9.17, 15) is 18.7 Å². The third kappa shape index (κ3) is 3.74. The Morgan fingerprint density at radius 1 is 1.38 bits per heavy atom. The van der Waals surface area contributed by atoms with Crippen molar-refractivity contribution in [3.05, 3.63) is 41.7 Å². The molecule has 1 aliphatic rings. The fourth-order valence-corrected chi connectivity index (χ4v) is 2.61. The average Bonchev–Trinajstić information content (AvgIpc) is 2.98. The Balaban J connectivity index is 1.67. The largest absolute Gasteiger partial charge is 0.388 e. The molecule has 0 radical (unpaired) electrons. The molecule has 0 unspecified atom stereocenters. The fraction of sp³-hybridized carbons (Fsp3) is 0.400. The second-order valence-electron chi connectivity index (χ2n) is 5.85. The van der Waals surface area contributed by atoms with Gasteiger partial charge in [0, 0.05) is 6.07 Å². The Bertz CT molecular complexity index is 743. The third-order valence-corrected chi connectivity index (χ3v) is 3.94. The molecule has 3 rings (SSSR count). The molecular weight excluding hydrogens is 320 g/mol. The predicted molar refractivity (Wildman–Crippen MR) is 81.4 cm³/mol. The van der Waals surface area contributed by atoms with Crippen LogP contribution in [0, 0.1) is 11.6 Å². The zero-order valence-electron chi connectivity index (χ0n) is 12.8. The quantitative estimate of drug-likeness (QED) is 0.772. The molecule has 1 amide bonds. The zero-order chi connectivity index (χ0) is 17.2. The Morgan fingerprint density at radius 2 is 2.12 bits per heavy atom. The summed E-state index contributed by atoms with van der Waals surface area (Å²) in [6, 6.07) is 2.85. The molecule has 0 atom stereocenters. The lowest BCUT2D eigenvalue weighted by Gasteiger charge is -2.32. The van der Waals surface area contributed by atoms with Crippen molar-refractivity contribution in [3.63, 3.8) is 0 Å². The highest BCUT2D eigenvalue weighted by Gasteiger charge is 2.30. The molecule has 0 spiro atoms. The summed E-state index contributed by atoms with van der Waals surface area (Å²) < 4.78 is 27.8. The van der Waals surface area contributed by atoms with Crippen molar-refractivity contribution >= 4 is 11.6 Å². The molecule has 2 heterocycles. The van der Waals surface area contributed by atoms with Crippen molar-refractivity contribution in [2.45, 2.75) is 25.0 Å². The summed E-state index contributed by atoms with van der Waals surface area (Å²) >= 11 is 0. The van der Waals surface area contributed by atoms with E-state index in [2.05, 4.69) is 20.9 Å². The Labute approximate surface area is 136 Å². The Hall–Kier alpha value is -2.39. The third-order valence-electron chi connectivity index (χ3n) is 3.94. The number of hydrogen-bond donors (Lipinski definition) is 3. The minimum Gasteiger partial charge on any atom is -0.388 e. The van der Waals surface area contributed by atoms with E-state index >= 15 is 0 Å². The van der Waals surface area contributed by atoms with Gasteiger partial charge in [0.2, 0.25) is 0 Å². The van der Waals surface area contributed by atoms with Crippen molar-refractivity contribution in [2.75, 3.05) is 18.4 Å². The number of halogens is 2. The van der Waals surface area contributed by atoms with Gasteiger partial charge in [-0.2, -0.15) is 0 Å². The SMILES string of the molecule is O=C(Nc1ccc(F)cc1F)c1cn(CC2(O)CCNCC2)nn1. The van der Waals surface area contributed by atoms with Gasteiger partial charge in [-0.3, -0.25) is 4.79 Å². The molecule has 0 aliphatic carbocycles. The number of anilines is 1. The molecule has 9 heteroatoms. The van der Waals surface area contributed by atoms with E-state index in [-0.39, 0.29) is 17.9 Å². The number of hydrogen-bond acceptors (Lipinski definition) is 5. The summed E-state index contributed by atoms with van der Waals surface area (Å²) in [7, 11) is 0. The molecule has 24 heavy (non-hydrogen) atoms. The van der Waals surface area contributed by atoms with E-state index in [1.54, 1.807) is 0 Å². The number of amides is 1. The van der Waals surface area contributed by atoms with Gasteiger partial charge < -0.3 is 15.7 Å². The van der Waals surface area contributed by atoms with Gasteiger partial charge in [-0.25, -0.2) is 13.5 Å². The second-order valence-corrected chi connectivity index (χ2v) is 5.85. The van der Waals surface area contributed by atoms with Crippen molar-refractivity contribution in [3.8, 4) is 0 Å². The van der Waals surface area contributed by atoms with Crippen LogP contribution in [0.4, 0.5) is 14.5 Å². The van der Waals surface area contributed by atoms with E-state index in [0.717, 1.165) is 12.1 Å².